The molecule has 0 aliphatic carbocycles. The highest BCUT2D eigenvalue weighted by molar-refractivity contribution is 5.98. The summed E-state index contributed by atoms with van der Waals surface area (Å²) in [5.74, 6) is -7.19. The molecule has 1 amide bonds. The highest BCUT2D eigenvalue weighted by Crippen LogP contribution is 2.28. The first-order chi connectivity index (χ1) is 14.8. The Morgan fingerprint density at radius 2 is 1.41 bits per heavy atom. The Labute approximate surface area is 173 Å². The molecule has 174 valence electrons. The highest BCUT2D eigenvalue weighted by atomic mass is 19.4. The molecule has 2 aromatic carbocycles. The molecule has 0 radical (unpaired) electrons. The van der Waals surface area contributed by atoms with E-state index in [4.69, 9.17) is 0 Å². The second kappa shape index (κ2) is 9.70. The van der Waals surface area contributed by atoms with E-state index in [9.17, 15) is 44.7 Å². The number of rotatable bonds is 6. The molecule has 0 saturated carbocycles. The van der Waals surface area contributed by atoms with Crippen molar-refractivity contribution in [1.29, 1.82) is 0 Å². The molecule has 0 atom stereocenters. The lowest BCUT2D eigenvalue weighted by Crippen LogP contribution is -2.29. The van der Waals surface area contributed by atoms with Crippen molar-refractivity contribution in [3.63, 3.8) is 0 Å². The van der Waals surface area contributed by atoms with Gasteiger partial charge in [-0.1, -0.05) is 6.07 Å². The molecular formula is C18H11F8NO5. The molecule has 2 rings (SSSR count). The summed E-state index contributed by atoms with van der Waals surface area (Å²) >= 11 is 0. The lowest BCUT2D eigenvalue weighted by atomic mass is 10.2. The van der Waals surface area contributed by atoms with Gasteiger partial charge in [0.05, 0.1) is 5.56 Å². The Bertz CT molecular complexity index is 970. The summed E-state index contributed by atoms with van der Waals surface area (Å²) < 4.78 is 110. The Morgan fingerprint density at radius 1 is 0.844 bits per heavy atom. The van der Waals surface area contributed by atoms with Crippen LogP contribution in [-0.4, -0.2) is 37.4 Å². The fourth-order valence-corrected chi connectivity index (χ4v) is 2.12. The van der Waals surface area contributed by atoms with Gasteiger partial charge in [0.25, 0.3) is 5.91 Å². The molecule has 0 unspecified atom stereocenters. The maximum absolute atomic E-state index is 13.6. The van der Waals surface area contributed by atoms with E-state index in [0.29, 0.717) is 24.3 Å². The molecule has 0 aliphatic rings. The molecule has 0 aliphatic heterocycles. The predicted molar refractivity (Wildman–Crippen MR) is 88.8 cm³/mol. The molecule has 0 saturated heterocycles. The van der Waals surface area contributed by atoms with Crippen LogP contribution in [0.25, 0.3) is 0 Å². The van der Waals surface area contributed by atoms with E-state index in [1.54, 1.807) is 0 Å². The number of alkyl halides is 6. The van der Waals surface area contributed by atoms with Crippen LogP contribution in [0.5, 0.6) is 11.5 Å². The lowest BCUT2D eigenvalue weighted by molar-refractivity contribution is -0.154. The second-order valence-electron chi connectivity index (χ2n) is 5.88. The zero-order valence-corrected chi connectivity index (χ0v) is 15.4. The smallest absolute Gasteiger partial charge is 0.422 e. The molecule has 32 heavy (non-hydrogen) atoms. The minimum Gasteiger partial charge on any atom is -0.484 e. The van der Waals surface area contributed by atoms with Crippen LogP contribution in [0.1, 0.15) is 20.7 Å². The maximum Gasteiger partial charge on any atom is 0.422 e. The third-order valence-corrected chi connectivity index (χ3v) is 3.39. The number of amides is 1. The number of carbonyl (C=O) groups is 2. The van der Waals surface area contributed by atoms with Gasteiger partial charge in [0.1, 0.15) is 28.7 Å². The number of halogens is 8. The van der Waals surface area contributed by atoms with Crippen molar-refractivity contribution in [3.8, 4) is 11.5 Å². The third-order valence-electron chi connectivity index (χ3n) is 3.39. The average Bonchev–Trinajstić information content (AvgIpc) is 2.68. The number of nitrogens with one attached hydrogen (secondary N) is 1. The van der Waals surface area contributed by atoms with Gasteiger partial charge in [0.15, 0.2) is 13.2 Å². The number of benzene rings is 2. The molecule has 1 N–H and O–H groups in total. The molecule has 2 aromatic rings. The van der Waals surface area contributed by atoms with E-state index in [1.807, 2.05) is 0 Å². The van der Waals surface area contributed by atoms with Crippen LogP contribution >= 0.6 is 0 Å². The summed E-state index contributed by atoms with van der Waals surface area (Å²) in [7, 11) is 0. The van der Waals surface area contributed by atoms with Gasteiger partial charge in [-0.2, -0.15) is 31.8 Å². The number of hydroxylamine groups is 1. The Balaban J connectivity index is 2.22. The second-order valence-corrected chi connectivity index (χ2v) is 5.88. The normalized spacial score (nSPS) is 11.6. The highest BCUT2D eigenvalue weighted by Gasteiger charge is 2.31. The quantitative estimate of drug-likeness (QED) is 0.499. The number of ether oxygens (including phenoxy) is 2. The van der Waals surface area contributed by atoms with Crippen LogP contribution in [0.15, 0.2) is 36.4 Å². The van der Waals surface area contributed by atoms with Crippen molar-refractivity contribution in [2.24, 2.45) is 0 Å². The van der Waals surface area contributed by atoms with Gasteiger partial charge in [0.2, 0.25) is 0 Å². The Hall–Kier alpha value is -3.58. The average molecular weight is 473 g/mol. The number of carbonyl (C=O) groups excluding carboxylic acids is 2. The summed E-state index contributed by atoms with van der Waals surface area (Å²) in [5, 5.41) is 0. The predicted octanol–water partition coefficient (Wildman–Crippen LogP) is 4.35. The third kappa shape index (κ3) is 7.28. The van der Waals surface area contributed by atoms with Crippen LogP contribution in [-0.2, 0) is 4.84 Å². The van der Waals surface area contributed by atoms with Gasteiger partial charge in [-0.25, -0.2) is 13.6 Å². The topological polar surface area (TPSA) is 73.9 Å². The number of hydrogen-bond acceptors (Lipinski definition) is 5. The summed E-state index contributed by atoms with van der Waals surface area (Å²) in [4.78, 5) is 28.3. The molecule has 0 heterocycles. The minimum atomic E-state index is -4.83. The summed E-state index contributed by atoms with van der Waals surface area (Å²) in [6, 6.07) is 4.47. The zero-order chi connectivity index (χ0) is 24.1. The molecule has 0 aromatic heterocycles. The van der Waals surface area contributed by atoms with Crippen LogP contribution in [0.4, 0.5) is 35.1 Å². The SMILES string of the molecule is O=C(NOC(=O)c1c(F)cccc1F)c1cc(OCC(F)(F)F)ccc1OCC(F)(F)F. The Kier molecular flexibility index (Phi) is 7.48. The fourth-order valence-electron chi connectivity index (χ4n) is 2.12. The van der Waals surface area contributed by atoms with E-state index in [0.717, 1.165) is 12.1 Å². The van der Waals surface area contributed by atoms with Crippen molar-refractivity contribution < 1.29 is 59.0 Å². The monoisotopic (exact) mass is 473 g/mol. The van der Waals surface area contributed by atoms with Crippen molar-refractivity contribution in [2.75, 3.05) is 13.2 Å². The number of hydrogen-bond donors (Lipinski definition) is 1. The van der Waals surface area contributed by atoms with Gasteiger partial charge in [-0.15, -0.1) is 0 Å². The van der Waals surface area contributed by atoms with Crippen molar-refractivity contribution in [2.45, 2.75) is 12.4 Å². The molecule has 14 heteroatoms. The van der Waals surface area contributed by atoms with Gasteiger partial charge in [-0.3, -0.25) is 4.79 Å². The van der Waals surface area contributed by atoms with Crippen molar-refractivity contribution in [1.82, 2.24) is 5.48 Å². The van der Waals surface area contributed by atoms with Gasteiger partial charge in [-0.05, 0) is 30.3 Å². The van der Waals surface area contributed by atoms with E-state index in [-0.39, 0.29) is 0 Å². The van der Waals surface area contributed by atoms with E-state index >= 15 is 0 Å². The molecule has 6 nitrogen and oxygen atoms in total. The first-order valence-electron chi connectivity index (χ1n) is 8.25. The summed E-state index contributed by atoms with van der Waals surface area (Å²) in [6.07, 6.45) is -9.58. The van der Waals surface area contributed by atoms with Gasteiger partial charge < -0.3 is 14.3 Å². The van der Waals surface area contributed by atoms with Crippen molar-refractivity contribution in [3.05, 3.63) is 59.2 Å². The molecular weight excluding hydrogens is 462 g/mol. The van der Waals surface area contributed by atoms with E-state index in [1.165, 1.54) is 5.48 Å². The zero-order valence-electron chi connectivity index (χ0n) is 15.4. The van der Waals surface area contributed by atoms with Crippen LogP contribution in [0.2, 0.25) is 0 Å². The van der Waals surface area contributed by atoms with Crippen LogP contribution in [0.3, 0.4) is 0 Å². The largest absolute Gasteiger partial charge is 0.484 e. The first-order valence-corrected chi connectivity index (χ1v) is 8.25. The first kappa shape index (κ1) is 24.7. The van der Waals surface area contributed by atoms with Crippen molar-refractivity contribution >= 4 is 11.9 Å². The molecule has 0 spiro atoms. The maximum atomic E-state index is 13.6. The minimum absolute atomic E-state index is 0.585. The Morgan fingerprint density at radius 3 is 1.97 bits per heavy atom. The summed E-state index contributed by atoms with van der Waals surface area (Å²) in [5.41, 5.74) is -0.573. The van der Waals surface area contributed by atoms with Gasteiger partial charge in [0, 0.05) is 0 Å². The van der Waals surface area contributed by atoms with Crippen LogP contribution < -0.4 is 15.0 Å². The van der Waals surface area contributed by atoms with Gasteiger partial charge >= 0.3 is 18.3 Å². The van der Waals surface area contributed by atoms with E-state index < -0.39 is 71.7 Å². The molecule has 0 bridgehead atoms. The van der Waals surface area contributed by atoms with Crippen LogP contribution in [0, 0.1) is 11.6 Å². The fraction of sp³-hybridized carbons (Fsp3) is 0.222. The van der Waals surface area contributed by atoms with E-state index in [2.05, 4.69) is 14.3 Å². The standard InChI is InChI=1S/C18H11F8NO5/c19-11-2-1-3-12(20)14(11)16(29)32-27-15(28)10-6-9(30-7-17(21,22)23)4-5-13(10)31-8-18(24,25)26/h1-6H,7-8H2,(H,27,28). The molecule has 0 fully saturated rings. The lowest BCUT2D eigenvalue weighted by Gasteiger charge is -2.15. The summed E-state index contributed by atoms with van der Waals surface area (Å²) in [6.45, 7) is -3.64.